The molecule has 0 aliphatic heterocycles. The number of aliphatic carboxylic acids is 1. The number of amides is 1. The number of carboxylic acids is 1. The van der Waals surface area contributed by atoms with Gasteiger partial charge in [-0.25, -0.2) is 4.98 Å². The Hall–Kier alpha value is -1.89. The van der Waals surface area contributed by atoms with Crippen LogP contribution in [0, 0.1) is 0 Å². The van der Waals surface area contributed by atoms with Gasteiger partial charge in [-0.15, -0.1) is 0 Å². The molecule has 0 saturated heterocycles. The number of nitrogens with two attached hydrogens (primary N) is 1. The third-order valence-corrected chi connectivity index (χ3v) is 2.36. The zero-order valence-electron chi connectivity index (χ0n) is 10.1. The van der Waals surface area contributed by atoms with E-state index in [4.69, 9.17) is 10.8 Å². The van der Waals surface area contributed by atoms with Crippen molar-refractivity contribution in [2.24, 2.45) is 5.73 Å². The standard InChI is InChI=1S/C11H18N4O3/c12-4-6-15-7-9(14-8-15)11(18)13-5-2-1-3-10(16)17/h7-8H,1-6,12H2,(H,13,18)(H,16,17). The summed E-state index contributed by atoms with van der Waals surface area (Å²) in [7, 11) is 0. The fourth-order valence-corrected chi connectivity index (χ4v) is 1.44. The minimum Gasteiger partial charge on any atom is -0.481 e. The summed E-state index contributed by atoms with van der Waals surface area (Å²) in [5, 5.41) is 11.1. The van der Waals surface area contributed by atoms with Crippen LogP contribution in [0.2, 0.25) is 0 Å². The van der Waals surface area contributed by atoms with E-state index in [-0.39, 0.29) is 12.3 Å². The fourth-order valence-electron chi connectivity index (χ4n) is 1.44. The number of imidazole rings is 1. The van der Waals surface area contributed by atoms with Crippen LogP contribution in [0.5, 0.6) is 0 Å². The van der Waals surface area contributed by atoms with Crippen molar-refractivity contribution in [1.29, 1.82) is 0 Å². The highest BCUT2D eigenvalue weighted by Gasteiger charge is 2.08. The molecule has 0 bridgehead atoms. The van der Waals surface area contributed by atoms with Crippen molar-refractivity contribution in [1.82, 2.24) is 14.9 Å². The van der Waals surface area contributed by atoms with Crippen LogP contribution < -0.4 is 11.1 Å². The zero-order valence-corrected chi connectivity index (χ0v) is 10.1. The Labute approximate surface area is 105 Å². The Morgan fingerprint density at radius 2 is 2.22 bits per heavy atom. The maximum absolute atomic E-state index is 11.6. The Morgan fingerprint density at radius 1 is 1.44 bits per heavy atom. The zero-order chi connectivity index (χ0) is 13.4. The molecule has 4 N–H and O–H groups in total. The normalized spacial score (nSPS) is 10.3. The molecule has 0 aromatic carbocycles. The summed E-state index contributed by atoms with van der Waals surface area (Å²) >= 11 is 0. The first kappa shape index (κ1) is 14.2. The van der Waals surface area contributed by atoms with E-state index < -0.39 is 5.97 Å². The van der Waals surface area contributed by atoms with Gasteiger partial charge in [-0.1, -0.05) is 0 Å². The molecule has 1 amide bonds. The first-order valence-corrected chi connectivity index (χ1v) is 5.85. The van der Waals surface area contributed by atoms with E-state index in [0.717, 1.165) is 0 Å². The minimum atomic E-state index is -0.818. The molecule has 0 saturated carbocycles. The van der Waals surface area contributed by atoms with E-state index >= 15 is 0 Å². The number of hydrogen-bond acceptors (Lipinski definition) is 4. The highest BCUT2D eigenvalue weighted by molar-refractivity contribution is 5.91. The molecule has 1 aromatic heterocycles. The third-order valence-electron chi connectivity index (χ3n) is 2.36. The van der Waals surface area contributed by atoms with E-state index in [2.05, 4.69) is 10.3 Å². The SMILES string of the molecule is NCCn1cnc(C(=O)NCCCCC(=O)O)c1. The van der Waals surface area contributed by atoms with Crippen LogP contribution in [0.4, 0.5) is 0 Å². The van der Waals surface area contributed by atoms with Crippen molar-refractivity contribution in [3.05, 3.63) is 18.2 Å². The summed E-state index contributed by atoms with van der Waals surface area (Å²) in [5.41, 5.74) is 5.74. The Morgan fingerprint density at radius 3 is 2.89 bits per heavy atom. The molecule has 0 spiro atoms. The highest BCUT2D eigenvalue weighted by atomic mass is 16.4. The van der Waals surface area contributed by atoms with Gasteiger partial charge in [0.1, 0.15) is 5.69 Å². The topological polar surface area (TPSA) is 110 Å². The van der Waals surface area contributed by atoms with Crippen molar-refractivity contribution in [2.45, 2.75) is 25.8 Å². The van der Waals surface area contributed by atoms with Crippen molar-refractivity contribution >= 4 is 11.9 Å². The number of carbonyl (C=O) groups excluding carboxylic acids is 1. The van der Waals surface area contributed by atoms with Gasteiger partial charge in [0, 0.05) is 32.3 Å². The largest absolute Gasteiger partial charge is 0.481 e. The molecule has 7 heteroatoms. The maximum atomic E-state index is 11.6. The van der Waals surface area contributed by atoms with E-state index in [1.165, 1.54) is 0 Å². The average molecular weight is 254 g/mol. The van der Waals surface area contributed by atoms with Crippen LogP contribution in [0.3, 0.4) is 0 Å². The van der Waals surface area contributed by atoms with Crippen molar-refractivity contribution < 1.29 is 14.7 Å². The second-order valence-corrected chi connectivity index (χ2v) is 3.89. The van der Waals surface area contributed by atoms with Crippen LogP contribution in [0.1, 0.15) is 29.8 Å². The molecule has 0 unspecified atom stereocenters. The molecule has 18 heavy (non-hydrogen) atoms. The Balaban J connectivity index is 2.25. The van der Waals surface area contributed by atoms with Gasteiger partial charge in [0.05, 0.1) is 6.33 Å². The molecule has 0 atom stereocenters. The summed E-state index contributed by atoms with van der Waals surface area (Å²) in [6.07, 6.45) is 4.52. The molecule has 0 aliphatic carbocycles. The van der Waals surface area contributed by atoms with Crippen molar-refractivity contribution in [3.63, 3.8) is 0 Å². The van der Waals surface area contributed by atoms with Gasteiger partial charge < -0.3 is 20.7 Å². The van der Waals surface area contributed by atoms with Crippen LogP contribution in [0.25, 0.3) is 0 Å². The molecule has 1 aromatic rings. The lowest BCUT2D eigenvalue weighted by Gasteiger charge is -2.02. The van der Waals surface area contributed by atoms with Gasteiger partial charge in [-0.3, -0.25) is 9.59 Å². The molecule has 0 fully saturated rings. The van der Waals surface area contributed by atoms with Gasteiger partial charge in [-0.2, -0.15) is 0 Å². The lowest BCUT2D eigenvalue weighted by molar-refractivity contribution is -0.137. The summed E-state index contributed by atoms with van der Waals surface area (Å²) in [4.78, 5) is 25.9. The number of nitrogens with one attached hydrogen (secondary N) is 1. The van der Waals surface area contributed by atoms with Crippen LogP contribution in [0.15, 0.2) is 12.5 Å². The second kappa shape index (κ2) is 7.44. The number of aromatic nitrogens is 2. The number of hydrogen-bond donors (Lipinski definition) is 3. The van der Waals surface area contributed by atoms with Gasteiger partial charge in [0.25, 0.3) is 5.91 Å². The molecule has 7 nitrogen and oxygen atoms in total. The predicted molar refractivity (Wildman–Crippen MR) is 65.1 cm³/mol. The molecular formula is C11H18N4O3. The second-order valence-electron chi connectivity index (χ2n) is 3.89. The number of unbranched alkanes of at least 4 members (excludes halogenated alkanes) is 1. The van der Waals surface area contributed by atoms with Gasteiger partial charge >= 0.3 is 5.97 Å². The average Bonchev–Trinajstić information content (AvgIpc) is 2.77. The predicted octanol–water partition coefficient (Wildman–Crippen LogP) is -0.174. The van der Waals surface area contributed by atoms with Crippen LogP contribution >= 0.6 is 0 Å². The fraction of sp³-hybridized carbons (Fsp3) is 0.545. The number of nitrogens with zero attached hydrogens (tertiary/aromatic N) is 2. The number of carboxylic acid groups (broad SMARTS) is 1. The summed E-state index contributed by atoms with van der Waals surface area (Å²) in [6, 6.07) is 0. The van der Waals surface area contributed by atoms with Crippen molar-refractivity contribution in [3.8, 4) is 0 Å². The molecule has 1 heterocycles. The van der Waals surface area contributed by atoms with E-state index in [1.807, 2.05) is 0 Å². The van der Waals surface area contributed by atoms with Gasteiger partial charge in [-0.05, 0) is 12.8 Å². The van der Waals surface area contributed by atoms with Gasteiger partial charge in [0.2, 0.25) is 0 Å². The number of carbonyl (C=O) groups is 2. The summed E-state index contributed by atoms with van der Waals surface area (Å²) in [6.45, 7) is 1.57. The molecule has 1 rings (SSSR count). The summed E-state index contributed by atoms with van der Waals surface area (Å²) in [5.74, 6) is -1.07. The van der Waals surface area contributed by atoms with E-state index in [0.29, 0.717) is 38.2 Å². The Kier molecular flexibility index (Phi) is 5.86. The lowest BCUT2D eigenvalue weighted by atomic mass is 10.2. The van der Waals surface area contributed by atoms with Gasteiger partial charge in [0.15, 0.2) is 0 Å². The van der Waals surface area contributed by atoms with Crippen LogP contribution in [-0.4, -0.2) is 39.6 Å². The molecule has 100 valence electrons. The van der Waals surface area contributed by atoms with E-state index in [9.17, 15) is 9.59 Å². The molecular weight excluding hydrogens is 236 g/mol. The quantitative estimate of drug-likeness (QED) is 0.558. The highest BCUT2D eigenvalue weighted by Crippen LogP contribution is 1.97. The summed E-state index contributed by atoms with van der Waals surface area (Å²) < 4.78 is 1.75. The third kappa shape index (κ3) is 4.96. The molecule has 0 aliphatic rings. The molecule has 0 radical (unpaired) electrons. The first-order chi connectivity index (χ1) is 8.63. The smallest absolute Gasteiger partial charge is 0.303 e. The minimum absolute atomic E-state index is 0.126. The van der Waals surface area contributed by atoms with Crippen molar-refractivity contribution in [2.75, 3.05) is 13.1 Å². The monoisotopic (exact) mass is 254 g/mol. The maximum Gasteiger partial charge on any atom is 0.303 e. The first-order valence-electron chi connectivity index (χ1n) is 5.85. The van der Waals surface area contributed by atoms with E-state index in [1.54, 1.807) is 17.1 Å². The number of rotatable bonds is 8. The Bertz CT molecular complexity index is 403. The van der Waals surface area contributed by atoms with Crippen LogP contribution in [-0.2, 0) is 11.3 Å². The lowest BCUT2D eigenvalue weighted by Crippen LogP contribution is -2.24.